The molecule has 1 heterocycles. The van der Waals surface area contributed by atoms with Gasteiger partial charge in [-0.3, -0.25) is 9.69 Å². The fraction of sp³-hybridized carbons (Fsp3) is 0.381. The highest BCUT2D eigenvalue weighted by molar-refractivity contribution is 6.00. The summed E-state index contributed by atoms with van der Waals surface area (Å²) in [6, 6.07) is 19.6. The van der Waals surface area contributed by atoms with Crippen molar-refractivity contribution >= 4 is 5.78 Å². The Hall–Kier alpha value is -2.13. The Morgan fingerprint density at radius 1 is 1.00 bits per heavy atom. The summed E-state index contributed by atoms with van der Waals surface area (Å²) < 4.78 is 5.77. The standard InChI is InChI=1S/C21H25NO2/c23-21(18-10-3-1-4-11-18)20-14-7-8-15-22(20)16-9-17-24-19-12-5-2-6-13-19/h1-6,10-13,20H,7-9,14-17H2. The molecule has 0 bridgehead atoms. The van der Waals surface area contributed by atoms with E-state index in [0.717, 1.165) is 43.7 Å². The van der Waals surface area contributed by atoms with E-state index in [1.807, 2.05) is 60.7 Å². The molecule has 1 fully saturated rings. The predicted molar refractivity (Wildman–Crippen MR) is 96.5 cm³/mol. The summed E-state index contributed by atoms with van der Waals surface area (Å²) in [5.41, 5.74) is 0.829. The van der Waals surface area contributed by atoms with Crippen molar-refractivity contribution in [2.75, 3.05) is 19.7 Å². The van der Waals surface area contributed by atoms with Gasteiger partial charge in [-0.05, 0) is 37.9 Å². The first-order valence-corrected chi connectivity index (χ1v) is 8.86. The summed E-state index contributed by atoms with van der Waals surface area (Å²) in [4.78, 5) is 15.1. The van der Waals surface area contributed by atoms with Crippen molar-refractivity contribution in [3.8, 4) is 5.75 Å². The van der Waals surface area contributed by atoms with Crippen LogP contribution in [0.3, 0.4) is 0 Å². The van der Waals surface area contributed by atoms with Gasteiger partial charge in [0, 0.05) is 12.1 Å². The maximum absolute atomic E-state index is 12.8. The summed E-state index contributed by atoms with van der Waals surface area (Å²) in [6.07, 6.45) is 4.22. The minimum absolute atomic E-state index is 0.0258. The van der Waals surface area contributed by atoms with Crippen LogP contribution in [-0.4, -0.2) is 36.4 Å². The van der Waals surface area contributed by atoms with Gasteiger partial charge in [0.25, 0.3) is 0 Å². The first-order valence-electron chi connectivity index (χ1n) is 8.86. The Labute approximate surface area is 144 Å². The van der Waals surface area contributed by atoms with Crippen molar-refractivity contribution in [1.82, 2.24) is 4.90 Å². The number of hydrogen-bond acceptors (Lipinski definition) is 3. The molecule has 0 spiro atoms. The van der Waals surface area contributed by atoms with E-state index in [1.165, 1.54) is 6.42 Å². The molecule has 24 heavy (non-hydrogen) atoms. The Morgan fingerprint density at radius 2 is 1.71 bits per heavy atom. The van der Waals surface area contributed by atoms with Crippen LogP contribution in [0.15, 0.2) is 60.7 Å². The van der Waals surface area contributed by atoms with E-state index >= 15 is 0 Å². The van der Waals surface area contributed by atoms with Crippen LogP contribution >= 0.6 is 0 Å². The number of Topliss-reactive ketones (excluding diaryl/α,β-unsaturated/α-hetero) is 1. The van der Waals surface area contributed by atoms with Crippen LogP contribution in [0.2, 0.25) is 0 Å². The van der Waals surface area contributed by atoms with Gasteiger partial charge < -0.3 is 4.74 Å². The molecular formula is C21H25NO2. The smallest absolute Gasteiger partial charge is 0.179 e. The van der Waals surface area contributed by atoms with Crippen LogP contribution in [0, 0.1) is 0 Å². The molecule has 0 N–H and O–H groups in total. The third kappa shape index (κ3) is 4.45. The number of hydrogen-bond donors (Lipinski definition) is 0. The summed E-state index contributed by atoms with van der Waals surface area (Å²) in [5.74, 6) is 1.17. The number of ketones is 1. The minimum atomic E-state index is 0.0258. The van der Waals surface area contributed by atoms with Crippen LogP contribution in [-0.2, 0) is 0 Å². The molecule has 0 aliphatic carbocycles. The molecule has 1 aliphatic rings. The van der Waals surface area contributed by atoms with Gasteiger partial charge in [-0.2, -0.15) is 0 Å². The molecule has 3 rings (SSSR count). The molecule has 1 saturated heterocycles. The van der Waals surface area contributed by atoms with Gasteiger partial charge in [-0.25, -0.2) is 0 Å². The predicted octanol–water partition coefficient (Wildman–Crippen LogP) is 4.19. The van der Waals surface area contributed by atoms with Crippen molar-refractivity contribution < 1.29 is 9.53 Å². The Kier molecular flexibility index (Phi) is 6.02. The summed E-state index contributed by atoms with van der Waals surface area (Å²) in [6.45, 7) is 2.61. The van der Waals surface area contributed by atoms with E-state index in [1.54, 1.807) is 0 Å². The molecule has 1 atom stereocenters. The Bertz CT molecular complexity index is 627. The quantitative estimate of drug-likeness (QED) is 0.565. The molecule has 3 heteroatoms. The summed E-state index contributed by atoms with van der Waals surface area (Å²) in [7, 11) is 0. The highest BCUT2D eigenvalue weighted by Crippen LogP contribution is 2.21. The molecule has 1 aliphatic heterocycles. The number of para-hydroxylation sites is 1. The van der Waals surface area contributed by atoms with Crippen LogP contribution in [0.5, 0.6) is 5.75 Å². The van der Waals surface area contributed by atoms with Gasteiger partial charge in [0.1, 0.15) is 5.75 Å². The lowest BCUT2D eigenvalue weighted by molar-refractivity contribution is 0.0733. The number of carbonyl (C=O) groups is 1. The Balaban J connectivity index is 1.52. The van der Waals surface area contributed by atoms with Crippen molar-refractivity contribution in [3.63, 3.8) is 0 Å². The van der Waals surface area contributed by atoms with Crippen molar-refractivity contribution in [3.05, 3.63) is 66.2 Å². The first kappa shape index (κ1) is 16.7. The second-order valence-corrected chi connectivity index (χ2v) is 6.29. The van der Waals surface area contributed by atoms with Crippen molar-refractivity contribution in [2.45, 2.75) is 31.7 Å². The first-order chi connectivity index (χ1) is 11.8. The van der Waals surface area contributed by atoms with Gasteiger partial charge in [0.2, 0.25) is 0 Å². The number of carbonyl (C=O) groups excluding carboxylic acids is 1. The topological polar surface area (TPSA) is 29.5 Å². The highest BCUT2D eigenvalue weighted by Gasteiger charge is 2.28. The normalized spacial score (nSPS) is 18.2. The average molecular weight is 323 g/mol. The lowest BCUT2D eigenvalue weighted by Gasteiger charge is -2.34. The number of nitrogens with zero attached hydrogens (tertiary/aromatic N) is 1. The zero-order valence-corrected chi connectivity index (χ0v) is 14.1. The largest absolute Gasteiger partial charge is 0.494 e. The van der Waals surface area contributed by atoms with E-state index < -0.39 is 0 Å². The van der Waals surface area contributed by atoms with Crippen molar-refractivity contribution in [1.29, 1.82) is 0 Å². The molecule has 0 amide bonds. The van der Waals surface area contributed by atoms with Crippen LogP contribution in [0.1, 0.15) is 36.0 Å². The lowest BCUT2D eigenvalue weighted by Crippen LogP contribution is -2.45. The molecule has 0 aromatic heterocycles. The monoisotopic (exact) mass is 323 g/mol. The van der Waals surface area contributed by atoms with E-state index in [4.69, 9.17) is 4.74 Å². The highest BCUT2D eigenvalue weighted by atomic mass is 16.5. The van der Waals surface area contributed by atoms with E-state index in [-0.39, 0.29) is 11.8 Å². The molecule has 1 unspecified atom stereocenters. The van der Waals surface area contributed by atoms with E-state index in [0.29, 0.717) is 6.61 Å². The number of ether oxygens (including phenoxy) is 1. The summed E-state index contributed by atoms with van der Waals surface area (Å²) in [5, 5.41) is 0. The van der Waals surface area contributed by atoms with Gasteiger partial charge in [-0.15, -0.1) is 0 Å². The third-order valence-electron chi connectivity index (χ3n) is 4.58. The molecule has 0 saturated carbocycles. The maximum Gasteiger partial charge on any atom is 0.179 e. The number of piperidine rings is 1. The van der Waals surface area contributed by atoms with Gasteiger partial charge in [0.15, 0.2) is 5.78 Å². The summed E-state index contributed by atoms with van der Waals surface area (Å²) >= 11 is 0. The molecule has 126 valence electrons. The number of rotatable bonds is 7. The molecule has 3 nitrogen and oxygen atoms in total. The molecule has 2 aromatic carbocycles. The number of benzene rings is 2. The second kappa shape index (κ2) is 8.65. The average Bonchev–Trinajstić information content (AvgIpc) is 2.66. The van der Waals surface area contributed by atoms with Crippen LogP contribution in [0.4, 0.5) is 0 Å². The van der Waals surface area contributed by atoms with Crippen LogP contribution in [0.25, 0.3) is 0 Å². The fourth-order valence-corrected chi connectivity index (χ4v) is 3.32. The second-order valence-electron chi connectivity index (χ2n) is 6.29. The maximum atomic E-state index is 12.8. The number of likely N-dealkylation sites (tertiary alicyclic amines) is 1. The Morgan fingerprint density at radius 3 is 2.46 bits per heavy atom. The van der Waals surface area contributed by atoms with Gasteiger partial charge in [0.05, 0.1) is 12.6 Å². The van der Waals surface area contributed by atoms with Gasteiger partial charge >= 0.3 is 0 Å². The fourth-order valence-electron chi connectivity index (χ4n) is 3.32. The van der Waals surface area contributed by atoms with E-state index in [2.05, 4.69) is 4.90 Å². The minimum Gasteiger partial charge on any atom is -0.494 e. The lowest BCUT2D eigenvalue weighted by atomic mass is 9.94. The zero-order valence-electron chi connectivity index (χ0n) is 14.1. The molecule has 0 radical (unpaired) electrons. The van der Waals surface area contributed by atoms with Crippen LogP contribution < -0.4 is 4.74 Å². The van der Waals surface area contributed by atoms with Crippen molar-refractivity contribution in [2.24, 2.45) is 0 Å². The SMILES string of the molecule is O=C(c1ccccc1)C1CCCCN1CCCOc1ccccc1. The third-order valence-corrected chi connectivity index (χ3v) is 4.58. The molecular weight excluding hydrogens is 298 g/mol. The van der Waals surface area contributed by atoms with Gasteiger partial charge in [-0.1, -0.05) is 55.0 Å². The molecule has 2 aromatic rings. The zero-order chi connectivity index (χ0) is 16.6. The van der Waals surface area contributed by atoms with E-state index in [9.17, 15) is 4.79 Å².